The van der Waals surface area contributed by atoms with Gasteiger partial charge in [0.1, 0.15) is 5.38 Å². The maximum Gasteiger partial charge on any atom is 0.242 e. The summed E-state index contributed by atoms with van der Waals surface area (Å²) >= 11 is 9.47. The van der Waals surface area contributed by atoms with Gasteiger partial charge in [-0.3, -0.25) is 4.79 Å². The van der Waals surface area contributed by atoms with Gasteiger partial charge in [-0.2, -0.15) is 0 Å². The third kappa shape index (κ3) is 2.73. The lowest BCUT2D eigenvalue weighted by atomic mass is 10.1. The molecule has 0 aliphatic heterocycles. The van der Waals surface area contributed by atoms with Crippen molar-refractivity contribution in [1.29, 1.82) is 0 Å². The maximum atomic E-state index is 11.7. The van der Waals surface area contributed by atoms with E-state index in [4.69, 9.17) is 11.6 Å². The van der Waals surface area contributed by atoms with Crippen LogP contribution in [0.1, 0.15) is 23.8 Å². The zero-order chi connectivity index (χ0) is 10.8. The fourth-order valence-corrected chi connectivity index (χ4v) is 2.22. The second-order valence-corrected chi connectivity index (χ2v) is 4.96. The van der Waals surface area contributed by atoms with Crippen LogP contribution in [0.25, 0.3) is 0 Å². The zero-order valence-electron chi connectivity index (χ0n) is 8.04. The van der Waals surface area contributed by atoms with Crippen LogP contribution in [-0.2, 0) is 4.79 Å². The second kappa shape index (κ2) is 4.54. The molecule has 1 aliphatic rings. The van der Waals surface area contributed by atoms with Gasteiger partial charge in [-0.1, -0.05) is 34.1 Å². The number of hydrogen-bond donors (Lipinski definition) is 1. The van der Waals surface area contributed by atoms with E-state index in [-0.39, 0.29) is 5.91 Å². The Morgan fingerprint density at radius 1 is 1.47 bits per heavy atom. The lowest BCUT2D eigenvalue weighted by molar-refractivity contribution is -0.121. The Kier molecular flexibility index (Phi) is 3.32. The summed E-state index contributed by atoms with van der Waals surface area (Å²) in [5, 5.41) is 2.28. The molecule has 15 heavy (non-hydrogen) atoms. The minimum absolute atomic E-state index is 0.105. The fourth-order valence-electron chi connectivity index (χ4n) is 1.32. The van der Waals surface area contributed by atoms with Crippen LogP contribution in [-0.4, -0.2) is 11.9 Å². The van der Waals surface area contributed by atoms with Gasteiger partial charge in [0.15, 0.2) is 0 Å². The average molecular weight is 289 g/mol. The molecule has 1 aromatic rings. The van der Waals surface area contributed by atoms with Gasteiger partial charge in [-0.25, -0.2) is 0 Å². The minimum atomic E-state index is -0.610. The number of halogens is 2. The first-order valence-electron chi connectivity index (χ1n) is 4.87. The van der Waals surface area contributed by atoms with Gasteiger partial charge in [0.2, 0.25) is 5.91 Å². The van der Waals surface area contributed by atoms with E-state index in [9.17, 15) is 4.79 Å². The molecule has 0 spiro atoms. The van der Waals surface area contributed by atoms with Crippen LogP contribution in [0.4, 0.5) is 0 Å². The van der Waals surface area contributed by atoms with Gasteiger partial charge in [-0.15, -0.1) is 11.6 Å². The van der Waals surface area contributed by atoms with Crippen LogP contribution in [0.2, 0.25) is 0 Å². The van der Waals surface area contributed by atoms with E-state index >= 15 is 0 Å². The Balaban J connectivity index is 2.08. The molecular weight excluding hydrogens is 277 g/mol. The maximum absolute atomic E-state index is 11.7. The fraction of sp³-hybridized carbons (Fsp3) is 0.364. The van der Waals surface area contributed by atoms with Gasteiger partial charge in [0, 0.05) is 10.5 Å². The first-order chi connectivity index (χ1) is 7.18. The molecule has 2 rings (SSSR count). The number of alkyl halides is 1. The van der Waals surface area contributed by atoms with Crippen molar-refractivity contribution >= 4 is 33.4 Å². The molecule has 0 radical (unpaired) electrons. The Morgan fingerprint density at radius 3 is 2.73 bits per heavy atom. The number of rotatable bonds is 3. The molecule has 0 bridgehead atoms. The summed E-state index contributed by atoms with van der Waals surface area (Å²) < 4.78 is 0.871. The Labute approximate surface area is 102 Å². The molecule has 1 amide bonds. The Hall–Kier alpha value is -0.540. The van der Waals surface area contributed by atoms with E-state index < -0.39 is 5.38 Å². The lowest BCUT2D eigenvalue weighted by Gasteiger charge is -2.11. The molecule has 1 fully saturated rings. The highest BCUT2D eigenvalue weighted by Gasteiger charge is 2.27. The van der Waals surface area contributed by atoms with Crippen LogP contribution in [0, 0.1) is 0 Å². The molecule has 1 unspecified atom stereocenters. The number of benzene rings is 1. The molecule has 80 valence electrons. The highest BCUT2D eigenvalue weighted by atomic mass is 79.9. The number of amides is 1. The summed E-state index contributed by atoms with van der Waals surface area (Å²) in [6.45, 7) is 0. The van der Waals surface area contributed by atoms with Gasteiger partial charge < -0.3 is 5.32 Å². The number of hydrogen-bond acceptors (Lipinski definition) is 1. The predicted molar refractivity (Wildman–Crippen MR) is 63.9 cm³/mol. The molecule has 1 aliphatic carbocycles. The van der Waals surface area contributed by atoms with E-state index in [1.807, 2.05) is 24.3 Å². The van der Waals surface area contributed by atoms with Crippen molar-refractivity contribution in [3.63, 3.8) is 0 Å². The molecule has 0 saturated heterocycles. The summed E-state index contributed by atoms with van der Waals surface area (Å²) in [7, 11) is 0. The van der Waals surface area contributed by atoms with Crippen molar-refractivity contribution in [2.75, 3.05) is 0 Å². The standard InChI is InChI=1S/C11H11BrClNO/c12-9-4-2-1-3-8(9)10(13)11(15)14-7-5-6-7/h1-4,7,10H,5-6H2,(H,14,15). The minimum Gasteiger partial charge on any atom is -0.352 e. The normalized spacial score (nSPS) is 17.2. The Morgan fingerprint density at radius 2 is 2.13 bits per heavy atom. The van der Waals surface area contributed by atoms with Gasteiger partial charge in [-0.05, 0) is 24.5 Å². The molecule has 2 nitrogen and oxygen atoms in total. The monoisotopic (exact) mass is 287 g/mol. The SMILES string of the molecule is O=C(NC1CC1)C(Cl)c1ccccc1Br. The molecule has 1 N–H and O–H groups in total. The zero-order valence-corrected chi connectivity index (χ0v) is 10.4. The quantitative estimate of drug-likeness (QED) is 0.851. The van der Waals surface area contributed by atoms with E-state index in [0.29, 0.717) is 6.04 Å². The van der Waals surface area contributed by atoms with Crippen molar-refractivity contribution in [2.45, 2.75) is 24.3 Å². The van der Waals surface area contributed by atoms with E-state index in [1.165, 1.54) is 0 Å². The van der Waals surface area contributed by atoms with Crippen LogP contribution >= 0.6 is 27.5 Å². The molecule has 1 saturated carbocycles. The third-order valence-corrected chi connectivity index (χ3v) is 3.49. The highest BCUT2D eigenvalue weighted by Crippen LogP contribution is 2.29. The van der Waals surface area contributed by atoms with Crippen molar-refractivity contribution in [1.82, 2.24) is 5.32 Å². The van der Waals surface area contributed by atoms with Crippen molar-refractivity contribution in [3.05, 3.63) is 34.3 Å². The molecule has 1 aromatic carbocycles. The summed E-state index contributed by atoms with van der Waals surface area (Å²) in [5.41, 5.74) is 0.817. The average Bonchev–Trinajstić information content (AvgIpc) is 3.01. The van der Waals surface area contributed by atoms with Crippen LogP contribution in [0.3, 0.4) is 0 Å². The number of carbonyl (C=O) groups excluding carboxylic acids is 1. The molecule has 1 atom stereocenters. The lowest BCUT2D eigenvalue weighted by Crippen LogP contribution is -2.28. The summed E-state index contributed by atoms with van der Waals surface area (Å²) in [4.78, 5) is 11.7. The molecule has 4 heteroatoms. The van der Waals surface area contributed by atoms with E-state index in [0.717, 1.165) is 22.9 Å². The van der Waals surface area contributed by atoms with Gasteiger partial charge >= 0.3 is 0 Å². The van der Waals surface area contributed by atoms with Crippen LogP contribution in [0.15, 0.2) is 28.7 Å². The van der Waals surface area contributed by atoms with E-state index in [2.05, 4.69) is 21.2 Å². The van der Waals surface area contributed by atoms with E-state index in [1.54, 1.807) is 0 Å². The molecular formula is C11H11BrClNO. The first-order valence-corrected chi connectivity index (χ1v) is 6.10. The summed E-state index contributed by atoms with van der Waals surface area (Å²) in [5.74, 6) is -0.105. The molecule has 0 heterocycles. The van der Waals surface area contributed by atoms with Crippen molar-refractivity contribution < 1.29 is 4.79 Å². The topological polar surface area (TPSA) is 29.1 Å². The van der Waals surface area contributed by atoms with Crippen molar-refractivity contribution in [2.24, 2.45) is 0 Å². The van der Waals surface area contributed by atoms with Crippen LogP contribution < -0.4 is 5.32 Å². The molecule has 0 aromatic heterocycles. The largest absolute Gasteiger partial charge is 0.352 e. The smallest absolute Gasteiger partial charge is 0.242 e. The number of nitrogens with one attached hydrogen (secondary N) is 1. The first kappa shape index (κ1) is 11.0. The summed E-state index contributed by atoms with van der Waals surface area (Å²) in [6, 6.07) is 7.86. The Bertz CT molecular complexity index is 379. The third-order valence-electron chi connectivity index (χ3n) is 2.33. The van der Waals surface area contributed by atoms with Gasteiger partial charge in [0.05, 0.1) is 0 Å². The van der Waals surface area contributed by atoms with Crippen LogP contribution in [0.5, 0.6) is 0 Å². The highest BCUT2D eigenvalue weighted by molar-refractivity contribution is 9.10. The number of carbonyl (C=O) groups is 1. The predicted octanol–water partition coefficient (Wildman–Crippen LogP) is 3.01. The van der Waals surface area contributed by atoms with Crippen molar-refractivity contribution in [3.8, 4) is 0 Å². The van der Waals surface area contributed by atoms with Gasteiger partial charge in [0.25, 0.3) is 0 Å². The second-order valence-electron chi connectivity index (χ2n) is 3.67. The summed E-state index contributed by atoms with van der Waals surface area (Å²) in [6.07, 6.45) is 2.15.